The molecule has 0 heterocycles. The molecule has 0 bridgehead atoms. The van der Waals surface area contributed by atoms with Crippen LogP contribution in [0.1, 0.15) is 33.5 Å². The first kappa shape index (κ1) is 24.0. The Morgan fingerprint density at radius 3 is 2.21 bits per heavy atom. The van der Waals surface area contributed by atoms with E-state index in [9.17, 15) is 24.6 Å². The number of hydrogen-bond acceptors (Lipinski definition) is 3. The van der Waals surface area contributed by atoms with Crippen LogP contribution in [0.5, 0.6) is 0 Å². The van der Waals surface area contributed by atoms with Gasteiger partial charge >= 0.3 is 11.9 Å². The lowest BCUT2D eigenvalue weighted by molar-refractivity contribution is -0.138. The molecule has 170 valence electrons. The normalized spacial score (nSPS) is 11.6. The number of carbonyl (C=O) groups excluding carboxylic acids is 1. The zero-order valence-electron chi connectivity index (χ0n) is 18.0. The van der Waals surface area contributed by atoms with Gasteiger partial charge in [-0.3, -0.25) is 14.4 Å². The molecule has 3 N–H and O–H groups in total. The van der Waals surface area contributed by atoms with E-state index in [2.05, 4.69) is 5.32 Å². The van der Waals surface area contributed by atoms with Gasteiger partial charge in [0.1, 0.15) is 0 Å². The molecule has 0 aliphatic carbocycles. The molecule has 0 aromatic heterocycles. The van der Waals surface area contributed by atoms with E-state index in [1.165, 1.54) is 0 Å². The van der Waals surface area contributed by atoms with Gasteiger partial charge in [-0.1, -0.05) is 60.1 Å². The monoisotopic (exact) mass is 465 g/mol. The molecule has 0 saturated carbocycles. The Morgan fingerprint density at radius 1 is 0.879 bits per heavy atom. The van der Waals surface area contributed by atoms with Crippen molar-refractivity contribution < 1.29 is 24.6 Å². The van der Waals surface area contributed by atoms with E-state index in [4.69, 9.17) is 11.6 Å². The number of rotatable bonds is 9. The van der Waals surface area contributed by atoms with E-state index in [0.29, 0.717) is 16.1 Å². The highest BCUT2D eigenvalue weighted by Gasteiger charge is 2.20. The lowest BCUT2D eigenvalue weighted by Gasteiger charge is -2.19. The van der Waals surface area contributed by atoms with Gasteiger partial charge in [0.05, 0.1) is 12.8 Å². The molecule has 0 fully saturated rings. The first-order chi connectivity index (χ1) is 15.7. The molecular formula is C26H24ClNO5. The minimum atomic E-state index is -1.03. The number of hydrogen-bond donors (Lipinski definition) is 3. The van der Waals surface area contributed by atoms with Crippen molar-refractivity contribution >= 4 is 29.4 Å². The van der Waals surface area contributed by atoms with Crippen LogP contribution in [-0.4, -0.2) is 34.1 Å². The molecule has 7 heteroatoms. The summed E-state index contributed by atoms with van der Waals surface area (Å²) in [5.74, 6) is -2.38. The number of carbonyl (C=O) groups is 3. The second-order valence-corrected chi connectivity index (χ2v) is 8.23. The smallest absolute Gasteiger partial charge is 0.307 e. The summed E-state index contributed by atoms with van der Waals surface area (Å²) in [6, 6.07) is 18.8. The van der Waals surface area contributed by atoms with Gasteiger partial charge in [0.15, 0.2) is 0 Å². The number of nitrogens with one attached hydrogen (secondary N) is 1. The summed E-state index contributed by atoms with van der Waals surface area (Å²) in [5, 5.41) is 21.9. The maximum atomic E-state index is 13.0. The fraction of sp³-hybridized carbons (Fsp3) is 0.192. The number of halogens is 1. The summed E-state index contributed by atoms with van der Waals surface area (Å²) < 4.78 is 0. The highest BCUT2D eigenvalue weighted by Crippen LogP contribution is 2.28. The van der Waals surface area contributed by atoms with Crippen molar-refractivity contribution in [3.05, 3.63) is 94.0 Å². The van der Waals surface area contributed by atoms with Gasteiger partial charge in [-0.2, -0.15) is 0 Å². The quantitative estimate of drug-likeness (QED) is 0.422. The largest absolute Gasteiger partial charge is 0.481 e. The Labute approximate surface area is 196 Å². The Bertz CT molecular complexity index is 1190. The van der Waals surface area contributed by atoms with Gasteiger partial charge in [-0.05, 0) is 59.4 Å². The zero-order valence-corrected chi connectivity index (χ0v) is 18.8. The molecule has 1 atom stereocenters. The van der Waals surface area contributed by atoms with Gasteiger partial charge in [0.25, 0.3) is 5.91 Å². The van der Waals surface area contributed by atoms with Gasteiger partial charge in [-0.25, -0.2) is 0 Å². The lowest BCUT2D eigenvalue weighted by Crippen LogP contribution is -2.38. The molecule has 33 heavy (non-hydrogen) atoms. The van der Waals surface area contributed by atoms with Crippen molar-refractivity contribution in [3.63, 3.8) is 0 Å². The number of aryl methyl sites for hydroxylation is 1. The van der Waals surface area contributed by atoms with E-state index in [0.717, 1.165) is 22.3 Å². The molecule has 6 nitrogen and oxygen atoms in total. The highest BCUT2D eigenvalue weighted by atomic mass is 35.5. The number of aliphatic carboxylic acids is 2. The summed E-state index contributed by atoms with van der Waals surface area (Å²) in [5.41, 5.74) is 4.13. The Hall–Kier alpha value is -3.64. The van der Waals surface area contributed by atoms with E-state index >= 15 is 0 Å². The average Bonchev–Trinajstić information content (AvgIpc) is 2.75. The molecule has 1 amide bonds. The van der Waals surface area contributed by atoms with Crippen LogP contribution in [0.3, 0.4) is 0 Å². The van der Waals surface area contributed by atoms with Crippen molar-refractivity contribution in [3.8, 4) is 11.1 Å². The second-order valence-electron chi connectivity index (χ2n) is 7.82. The summed E-state index contributed by atoms with van der Waals surface area (Å²) in [6.45, 7) is 1.89. The Balaban J connectivity index is 1.88. The van der Waals surface area contributed by atoms with Crippen LogP contribution in [0, 0.1) is 6.92 Å². The summed E-state index contributed by atoms with van der Waals surface area (Å²) >= 11 is 6.21. The molecule has 0 aliphatic rings. The van der Waals surface area contributed by atoms with Crippen molar-refractivity contribution in [1.82, 2.24) is 5.32 Å². The minimum absolute atomic E-state index is 0.134. The van der Waals surface area contributed by atoms with Crippen LogP contribution in [0.15, 0.2) is 66.7 Å². The van der Waals surface area contributed by atoms with Gasteiger partial charge in [-0.15, -0.1) is 0 Å². The molecule has 0 radical (unpaired) electrons. The number of amides is 1. The number of carboxylic acid groups (broad SMARTS) is 2. The molecular weight excluding hydrogens is 442 g/mol. The Kier molecular flexibility index (Phi) is 7.85. The molecule has 3 aromatic rings. The fourth-order valence-electron chi connectivity index (χ4n) is 3.74. The minimum Gasteiger partial charge on any atom is -0.481 e. The van der Waals surface area contributed by atoms with Crippen molar-refractivity contribution in [2.24, 2.45) is 0 Å². The highest BCUT2D eigenvalue weighted by molar-refractivity contribution is 6.31. The van der Waals surface area contributed by atoms with Crippen LogP contribution < -0.4 is 5.32 Å². The first-order valence-electron chi connectivity index (χ1n) is 10.4. The number of carboxylic acids is 2. The molecule has 0 spiro atoms. The van der Waals surface area contributed by atoms with E-state index in [1.807, 2.05) is 25.1 Å². The van der Waals surface area contributed by atoms with Gasteiger partial charge in [0.2, 0.25) is 0 Å². The maximum absolute atomic E-state index is 13.0. The summed E-state index contributed by atoms with van der Waals surface area (Å²) in [7, 11) is 0. The molecule has 3 rings (SSSR count). The number of benzene rings is 3. The molecule has 1 unspecified atom stereocenters. The maximum Gasteiger partial charge on any atom is 0.307 e. The van der Waals surface area contributed by atoms with Crippen LogP contribution in [0.4, 0.5) is 0 Å². The predicted octanol–water partition coefficient (Wildman–Crippen LogP) is 4.76. The lowest BCUT2D eigenvalue weighted by atomic mass is 9.93. The van der Waals surface area contributed by atoms with Crippen LogP contribution in [-0.2, 0) is 22.4 Å². The van der Waals surface area contributed by atoms with Crippen molar-refractivity contribution in [2.45, 2.75) is 32.2 Å². The first-order valence-corrected chi connectivity index (χ1v) is 10.8. The third-order valence-electron chi connectivity index (χ3n) is 5.33. The molecule has 0 aliphatic heterocycles. The van der Waals surface area contributed by atoms with Crippen molar-refractivity contribution in [2.75, 3.05) is 0 Å². The molecule has 3 aromatic carbocycles. The summed E-state index contributed by atoms with van der Waals surface area (Å²) in [4.78, 5) is 35.7. The average molecular weight is 466 g/mol. The van der Waals surface area contributed by atoms with Gasteiger partial charge < -0.3 is 15.5 Å². The topological polar surface area (TPSA) is 104 Å². The third-order valence-corrected chi connectivity index (χ3v) is 5.70. The second kappa shape index (κ2) is 10.8. The molecule has 0 saturated heterocycles. The predicted molar refractivity (Wildman–Crippen MR) is 127 cm³/mol. The fourth-order valence-corrected chi connectivity index (χ4v) is 3.95. The SMILES string of the molecule is Cc1ccc(C(=O)NC(CC(=O)O)Cc2ccccc2Cl)cc1-c1ccccc1CC(=O)O. The van der Waals surface area contributed by atoms with Crippen LogP contribution in [0.2, 0.25) is 5.02 Å². The Morgan fingerprint density at radius 2 is 1.55 bits per heavy atom. The summed E-state index contributed by atoms with van der Waals surface area (Å²) in [6.07, 6.45) is -0.112. The van der Waals surface area contributed by atoms with E-state index in [-0.39, 0.29) is 19.3 Å². The van der Waals surface area contributed by atoms with E-state index in [1.54, 1.807) is 48.5 Å². The van der Waals surface area contributed by atoms with Crippen molar-refractivity contribution in [1.29, 1.82) is 0 Å². The van der Waals surface area contributed by atoms with Gasteiger partial charge in [0, 0.05) is 16.6 Å². The third kappa shape index (κ3) is 6.43. The van der Waals surface area contributed by atoms with Crippen LogP contribution in [0.25, 0.3) is 11.1 Å². The van der Waals surface area contributed by atoms with Crippen LogP contribution >= 0.6 is 11.6 Å². The zero-order chi connectivity index (χ0) is 24.0. The van der Waals surface area contributed by atoms with E-state index < -0.39 is 23.9 Å². The standard InChI is InChI=1S/C26H24ClNO5/c1-16-10-11-19(13-22(16)21-8-4-2-6-17(21)14-24(29)30)26(33)28-20(15-25(31)32)12-18-7-3-5-9-23(18)27/h2-11,13,20H,12,14-15H2,1H3,(H,28,33)(H,29,30)(H,31,32).